The molecule has 1 heterocycles. The van der Waals surface area contributed by atoms with Crippen LogP contribution in [0.2, 0.25) is 5.02 Å². The molecule has 1 fully saturated rings. The highest BCUT2D eigenvalue weighted by Crippen LogP contribution is 2.52. The molecule has 0 aliphatic heterocycles. The van der Waals surface area contributed by atoms with Crippen molar-refractivity contribution in [3.63, 3.8) is 0 Å². The Labute approximate surface area is 146 Å². The van der Waals surface area contributed by atoms with Crippen LogP contribution in [0.15, 0.2) is 36.9 Å². The van der Waals surface area contributed by atoms with Crippen molar-refractivity contribution in [2.24, 2.45) is 11.3 Å². The zero-order valence-corrected chi connectivity index (χ0v) is 14.6. The van der Waals surface area contributed by atoms with Gasteiger partial charge in [0.2, 0.25) is 0 Å². The van der Waals surface area contributed by atoms with E-state index in [1.165, 1.54) is 11.9 Å². The van der Waals surface area contributed by atoms with Crippen molar-refractivity contribution < 1.29 is 5.11 Å². The normalized spacial score (nSPS) is 30.7. The summed E-state index contributed by atoms with van der Waals surface area (Å²) >= 11 is 12.2. The van der Waals surface area contributed by atoms with Gasteiger partial charge in [-0.2, -0.15) is 5.10 Å². The standard InChI is InChI=1S/C17H21Cl2N3O/c1-16(9-18)7-6-14(8-13-2-4-15(19)5-3-13)17(16,23)10-22-12-20-11-21-22/h2-5,11-12,14,23H,6-10H2,1H3/t14-,16-,17+/m0/s1. The largest absolute Gasteiger partial charge is 0.387 e. The van der Waals surface area contributed by atoms with E-state index in [1.54, 1.807) is 11.0 Å². The van der Waals surface area contributed by atoms with Gasteiger partial charge in [-0.05, 0) is 42.9 Å². The van der Waals surface area contributed by atoms with E-state index in [1.807, 2.05) is 24.3 Å². The smallest absolute Gasteiger partial charge is 0.137 e. The van der Waals surface area contributed by atoms with Gasteiger partial charge in [0.1, 0.15) is 12.7 Å². The van der Waals surface area contributed by atoms with Crippen LogP contribution in [-0.2, 0) is 13.0 Å². The van der Waals surface area contributed by atoms with E-state index in [9.17, 15) is 5.11 Å². The molecule has 0 unspecified atom stereocenters. The van der Waals surface area contributed by atoms with Crippen LogP contribution in [0.25, 0.3) is 0 Å². The summed E-state index contributed by atoms with van der Waals surface area (Å²) in [5.41, 5.74) is -0.0742. The molecule has 3 atom stereocenters. The molecule has 0 radical (unpaired) electrons. The van der Waals surface area contributed by atoms with E-state index in [0.29, 0.717) is 12.4 Å². The summed E-state index contributed by atoms with van der Waals surface area (Å²) in [4.78, 5) is 3.98. The maximum atomic E-state index is 11.6. The summed E-state index contributed by atoms with van der Waals surface area (Å²) in [5, 5.41) is 16.4. The molecule has 4 nitrogen and oxygen atoms in total. The van der Waals surface area contributed by atoms with Crippen molar-refractivity contribution in [3.05, 3.63) is 47.5 Å². The van der Waals surface area contributed by atoms with Gasteiger partial charge < -0.3 is 5.11 Å². The molecule has 1 aliphatic carbocycles. The molecule has 1 aliphatic rings. The lowest BCUT2D eigenvalue weighted by atomic mass is 9.72. The summed E-state index contributed by atoms with van der Waals surface area (Å²) in [6, 6.07) is 7.83. The molecule has 6 heteroatoms. The molecule has 1 saturated carbocycles. The fraction of sp³-hybridized carbons (Fsp3) is 0.529. The van der Waals surface area contributed by atoms with Gasteiger partial charge in [-0.25, -0.2) is 4.98 Å². The van der Waals surface area contributed by atoms with Gasteiger partial charge >= 0.3 is 0 Å². The van der Waals surface area contributed by atoms with Crippen molar-refractivity contribution in [2.75, 3.05) is 5.88 Å². The lowest BCUT2D eigenvalue weighted by Crippen LogP contribution is -2.51. The third-order valence-corrected chi connectivity index (χ3v) is 6.17. The van der Waals surface area contributed by atoms with Crippen molar-refractivity contribution in [1.29, 1.82) is 0 Å². The highest BCUT2D eigenvalue weighted by atomic mass is 35.5. The Morgan fingerprint density at radius 1 is 1.35 bits per heavy atom. The number of aromatic nitrogens is 3. The summed E-state index contributed by atoms with van der Waals surface area (Å²) < 4.78 is 1.70. The molecule has 124 valence electrons. The first kappa shape index (κ1) is 16.7. The Morgan fingerprint density at radius 2 is 2.09 bits per heavy atom. The second kappa shape index (κ2) is 6.42. The Hall–Kier alpha value is -1.10. The average Bonchev–Trinajstić information content (AvgIpc) is 3.12. The van der Waals surface area contributed by atoms with Crippen molar-refractivity contribution in [2.45, 2.75) is 38.3 Å². The van der Waals surface area contributed by atoms with E-state index in [-0.39, 0.29) is 11.3 Å². The fourth-order valence-corrected chi connectivity index (χ4v) is 4.17. The first-order chi connectivity index (χ1) is 11.0. The van der Waals surface area contributed by atoms with Crippen LogP contribution in [-0.4, -0.2) is 31.4 Å². The Bertz CT molecular complexity index is 646. The second-order valence-electron chi connectivity index (χ2n) is 6.78. The Balaban J connectivity index is 1.87. The molecule has 1 aromatic carbocycles. The lowest BCUT2D eigenvalue weighted by molar-refractivity contribution is -0.0891. The van der Waals surface area contributed by atoms with Crippen molar-refractivity contribution in [3.8, 4) is 0 Å². The highest BCUT2D eigenvalue weighted by molar-refractivity contribution is 6.30. The number of aliphatic hydroxyl groups is 1. The van der Waals surface area contributed by atoms with Crippen LogP contribution in [0, 0.1) is 11.3 Å². The van der Waals surface area contributed by atoms with Gasteiger partial charge in [0, 0.05) is 16.3 Å². The SMILES string of the molecule is C[C@@]1(CCl)CC[C@@H](Cc2ccc(Cl)cc2)[C@]1(O)Cn1cncn1. The molecule has 0 spiro atoms. The number of halogens is 2. The van der Waals surface area contributed by atoms with E-state index >= 15 is 0 Å². The van der Waals surface area contributed by atoms with Gasteiger partial charge in [-0.3, -0.25) is 4.68 Å². The van der Waals surface area contributed by atoms with Gasteiger partial charge in [0.25, 0.3) is 0 Å². The quantitative estimate of drug-likeness (QED) is 0.836. The zero-order chi connectivity index (χ0) is 16.5. The molecule has 1 N–H and O–H groups in total. The first-order valence-electron chi connectivity index (χ1n) is 7.82. The van der Waals surface area contributed by atoms with Crippen LogP contribution in [0.3, 0.4) is 0 Å². The first-order valence-corrected chi connectivity index (χ1v) is 8.73. The highest BCUT2D eigenvalue weighted by Gasteiger charge is 2.56. The number of benzene rings is 1. The molecule has 0 amide bonds. The second-order valence-corrected chi connectivity index (χ2v) is 7.48. The van der Waals surface area contributed by atoms with Crippen molar-refractivity contribution in [1.82, 2.24) is 14.8 Å². The minimum Gasteiger partial charge on any atom is -0.387 e. The van der Waals surface area contributed by atoms with Gasteiger partial charge in [0.05, 0.1) is 12.1 Å². The molecule has 23 heavy (non-hydrogen) atoms. The van der Waals surface area contributed by atoms with E-state index in [0.717, 1.165) is 24.3 Å². The van der Waals surface area contributed by atoms with E-state index < -0.39 is 5.60 Å². The maximum absolute atomic E-state index is 11.6. The predicted octanol–water partition coefficient (Wildman–Crippen LogP) is 3.56. The monoisotopic (exact) mass is 353 g/mol. The van der Waals surface area contributed by atoms with Gasteiger partial charge in [0.15, 0.2) is 0 Å². The van der Waals surface area contributed by atoms with Crippen LogP contribution in [0.4, 0.5) is 0 Å². The number of alkyl halides is 1. The van der Waals surface area contributed by atoms with Crippen LogP contribution < -0.4 is 0 Å². The molecule has 1 aromatic heterocycles. The molecule has 0 saturated heterocycles. The molecular formula is C17H21Cl2N3O. The summed E-state index contributed by atoms with van der Waals surface area (Å²) in [6.07, 6.45) is 5.78. The van der Waals surface area contributed by atoms with Crippen LogP contribution in [0.5, 0.6) is 0 Å². The number of hydrogen-bond donors (Lipinski definition) is 1. The predicted molar refractivity (Wildman–Crippen MR) is 91.7 cm³/mol. The molecule has 0 bridgehead atoms. The minimum atomic E-state index is -0.915. The minimum absolute atomic E-state index is 0.122. The number of hydrogen-bond acceptors (Lipinski definition) is 3. The van der Waals surface area contributed by atoms with Crippen molar-refractivity contribution >= 4 is 23.2 Å². The molecule has 2 aromatic rings. The zero-order valence-electron chi connectivity index (χ0n) is 13.1. The Morgan fingerprint density at radius 3 is 2.70 bits per heavy atom. The molecule has 3 rings (SSSR count). The average molecular weight is 354 g/mol. The van der Waals surface area contributed by atoms with Gasteiger partial charge in [-0.15, -0.1) is 11.6 Å². The van der Waals surface area contributed by atoms with Gasteiger partial charge in [-0.1, -0.05) is 30.7 Å². The van der Waals surface area contributed by atoms with E-state index in [4.69, 9.17) is 23.2 Å². The molecular weight excluding hydrogens is 333 g/mol. The third-order valence-electron chi connectivity index (χ3n) is 5.33. The van der Waals surface area contributed by atoms with E-state index in [2.05, 4.69) is 17.0 Å². The fourth-order valence-electron chi connectivity index (χ4n) is 3.68. The number of nitrogens with zero attached hydrogens (tertiary/aromatic N) is 3. The summed E-state index contributed by atoms with van der Waals surface area (Å²) in [6.45, 7) is 2.48. The maximum Gasteiger partial charge on any atom is 0.137 e. The number of rotatable bonds is 5. The van der Waals surface area contributed by atoms with Crippen LogP contribution in [0.1, 0.15) is 25.3 Å². The summed E-state index contributed by atoms with van der Waals surface area (Å²) in [5.74, 6) is 0.548. The topological polar surface area (TPSA) is 50.9 Å². The third kappa shape index (κ3) is 3.12. The van der Waals surface area contributed by atoms with Crippen LogP contribution >= 0.6 is 23.2 Å². The Kier molecular flexibility index (Phi) is 4.68. The summed E-state index contributed by atoms with van der Waals surface area (Å²) in [7, 11) is 0. The lowest BCUT2D eigenvalue weighted by Gasteiger charge is -2.42.